The zero-order valence-electron chi connectivity index (χ0n) is 10.2. The summed E-state index contributed by atoms with van der Waals surface area (Å²) in [5.41, 5.74) is 1.38. The van der Waals surface area contributed by atoms with Gasteiger partial charge in [-0.25, -0.2) is 0 Å². The van der Waals surface area contributed by atoms with Crippen LogP contribution in [0, 0.1) is 0 Å². The van der Waals surface area contributed by atoms with Crippen molar-refractivity contribution in [3.05, 3.63) is 30.3 Å². The molecule has 2 heterocycles. The van der Waals surface area contributed by atoms with Crippen LogP contribution in [0.5, 0.6) is 0 Å². The number of rotatable bonds is 2. The molecule has 92 valence electrons. The molecule has 0 saturated carbocycles. The van der Waals surface area contributed by atoms with Crippen molar-refractivity contribution < 1.29 is 0 Å². The van der Waals surface area contributed by atoms with E-state index >= 15 is 0 Å². The molecule has 2 aliphatic heterocycles. The molecule has 3 heteroatoms. The molecule has 0 radical (unpaired) electrons. The van der Waals surface area contributed by atoms with Gasteiger partial charge in [-0.15, -0.1) is 0 Å². The first-order valence-corrected chi connectivity index (χ1v) is 7.71. The van der Waals surface area contributed by atoms with E-state index in [1.54, 1.807) is 0 Å². The molecule has 0 bridgehead atoms. The number of para-hydroxylation sites is 1. The molecular weight excluding hydrogens is 228 g/mol. The van der Waals surface area contributed by atoms with E-state index in [0.29, 0.717) is 0 Å². The smallest absolute Gasteiger partial charge is 0.0367 e. The van der Waals surface area contributed by atoms with Gasteiger partial charge in [-0.3, -0.25) is 4.90 Å². The lowest BCUT2D eigenvalue weighted by Crippen LogP contribution is -2.50. The zero-order valence-corrected chi connectivity index (χ0v) is 11.0. The fourth-order valence-electron chi connectivity index (χ4n) is 2.79. The molecule has 0 amide bonds. The summed E-state index contributed by atoms with van der Waals surface area (Å²) in [5, 5.41) is 0. The Bertz CT molecular complexity index is 340. The molecule has 17 heavy (non-hydrogen) atoms. The predicted octanol–water partition coefficient (Wildman–Crippen LogP) is 2.31. The van der Waals surface area contributed by atoms with Crippen molar-refractivity contribution >= 4 is 17.4 Å². The van der Waals surface area contributed by atoms with Crippen molar-refractivity contribution in [2.24, 2.45) is 0 Å². The van der Waals surface area contributed by atoms with Crippen LogP contribution >= 0.6 is 11.8 Å². The highest BCUT2D eigenvalue weighted by atomic mass is 32.2. The summed E-state index contributed by atoms with van der Waals surface area (Å²) < 4.78 is 0. The van der Waals surface area contributed by atoms with Crippen LogP contribution in [0.3, 0.4) is 0 Å². The van der Waals surface area contributed by atoms with Gasteiger partial charge in [0.1, 0.15) is 0 Å². The van der Waals surface area contributed by atoms with Crippen molar-refractivity contribution in [3.63, 3.8) is 0 Å². The first-order chi connectivity index (χ1) is 8.43. The minimum atomic E-state index is 0.859. The van der Waals surface area contributed by atoms with Crippen molar-refractivity contribution in [2.75, 3.05) is 42.6 Å². The maximum Gasteiger partial charge on any atom is 0.0367 e. The second-order valence-electron chi connectivity index (χ2n) is 4.88. The number of nitrogens with zero attached hydrogens (tertiary/aromatic N) is 2. The van der Waals surface area contributed by atoms with E-state index in [1.807, 2.05) is 0 Å². The summed E-state index contributed by atoms with van der Waals surface area (Å²) in [6.07, 6.45) is 1.40. The third-order valence-electron chi connectivity index (χ3n) is 3.86. The Morgan fingerprint density at radius 2 is 1.76 bits per heavy atom. The van der Waals surface area contributed by atoms with Crippen LogP contribution in [-0.2, 0) is 0 Å². The minimum absolute atomic E-state index is 0.859. The number of piperazine rings is 1. The lowest BCUT2D eigenvalue weighted by atomic mass is 10.2. The molecule has 0 unspecified atom stereocenters. The molecule has 1 aromatic carbocycles. The number of hydrogen-bond donors (Lipinski definition) is 0. The monoisotopic (exact) mass is 248 g/mol. The summed E-state index contributed by atoms with van der Waals surface area (Å²) in [5.74, 6) is 2.72. The summed E-state index contributed by atoms with van der Waals surface area (Å²) in [6, 6.07) is 11.7. The van der Waals surface area contributed by atoms with Gasteiger partial charge in [0.05, 0.1) is 0 Å². The lowest BCUT2D eigenvalue weighted by Gasteiger charge is -2.38. The fraction of sp³-hybridized carbons (Fsp3) is 0.571. The fourth-order valence-corrected chi connectivity index (χ4v) is 4.05. The van der Waals surface area contributed by atoms with Gasteiger partial charge >= 0.3 is 0 Å². The molecule has 0 aliphatic carbocycles. The van der Waals surface area contributed by atoms with Crippen LogP contribution in [0.1, 0.15) is 6.42 Å². The molecule has 1 atom stereocenters. The molecular formula is C14H20N2S. The van der Waals surface area contributed by atoms with E-state index in [1.165, 1.54) is 49.8 Å². The van der Waals surface area contributed by atoms with Gasteiger partial charge in [0.15, 0.2) is 0 Å². The Kier molecular flexibility index (Phi) is 3.57. The lowest BCUT2D eigenvalue weighted by molar-refractivity contribution is 0.201. The van der Waals surface area contributed by atoms with Crippen LogP contribution in [-0.4, -0.2) is 48.6 Å². The van der Waals surface area contributed by atoms with E-state index in [4.69, 9.17) is 0 Å². The second-order valence-corrected chi connectivity index (χ2v) is 6.03. The molecule has 2 fully saturated rings. The average molecular weight is 248 g/mol. The van der Waals surface area contributed by atoms with Gasteiger partial charge in [0.25, 0.3) is 0 Å². The Balaban J connectivity index is 1.57. The van der Waals surface area contributed by atoms with Crippen LogP contribution < -0.4 is 4.90 Å². The van der Waals surface area contributed by atoms with Gasteiger partial charge in [-0.1, -0.05) is 18.2 Å². The quantitative estimate of drug-likeness (QED) is 0.793. The standard InChI is InChI=1S/C14H20N2S/c1-2-4-13(5-3-1)15-7-9-16(10-8-15)14-6-11-17-12-14/h1-5,14H,6-12H2/t14-/m0/s1. The predicted molar refractivity (Wildman–Crippen MR) is 76.0 cm³/mol. The van der Waals surface area contributed by atoms with Crippen LogP contribution in [0.4, 0.5) is 5.69 Å². The van der Waals surface area contributed by atoms with Crippen molar-refractivity contribution in [3.8, 4) is 0 Å². The maximum atomic E-state index is 2.69. The molecule has 0 aromatic heterocycles. The van der Waals surface area contributed by atoms with E-state index in [2.05, 4.69) is 51.9 Å². The van der Waals surface area contributed by atoms with Crippen molar-refractivity contribution in [2.45, 2.75) is 12.5 Å². The molecule has 2 nitrogen and oxygen atoms in total. The summed E-state index contributed by atoms with van der Waals surface area (Å²) in [4.78, 5) is 5.21. The molecule has 2 aliphatic rings. The van der Waals surface area contributed by atoms with Crippen LogP contribution in [0.25, 0.3) is 0 Å². The third kappa shape index (κ3) is 2.61. The third-order valence-corrected chi connectivity index (χ3v) is 5.00. The zero-order chi connectivity index (χ0) is 11.5. The number of thioether (sulfide) groups is 1. The molecule has 0 spiro atoms. The van der Waals surface area contributed by atoms with Gasteiger partial charge in [0.2, 0.25) is 0 Å². The van der Waals surface area contributed by atoms with E-state index < -0.39 is 0 Å². The maximum absolute atomic E-state index is 2.69. The summed E-state index contributed by atoms with van der Waals surface area (Å²) in [6.45, 7) is 4.84. The average Bonchev–Trinajstić information content (AvgIpc) is 2.94. The number of benzene rings is 1. The molecule has 0 N–H and O–H groups in total. The Hall–Kier alpha value is -0.670. The highest BCUT2D eigenvalue weighted by Gasteiger charge is 2.26. The van der Waals surface area contributed by atoms with Crippen LogP contribution in [0.2, 0.25) is 0 Å². The van der Waals surface area contributed by atoms with Crippen LogP contribution in [0.15, 0.2) is 30.3 Å². The van der Waals surface area contributed by atoms with E-state index in [0.717, 1.165) is 6.04 Å². The van der Waals surface area contributed by atoms with Crippen molar-refractivity contribution in [1.29, 1.82) is 0 Å². The Labute approximate surface area is 108 Å². The van der Waals surface area contributed by atoms with Crippen molar-refractivity contribution in [1.82, 2.24) is 4.90 Å². The highest BCUT2D eigenvalue weighted by molar-refractivity contribution is 7.99. The van der Waals surface area contributed by atoms with Gasteiger partial charge in [-0.05, 0) is 24.3 Å². The van der Waals surface area contributed by atoms with Gasteiger partial charge < -0.3 is 4.90 Å². The molecule has 1 aromatic rings. The van der Waals surface area contributed by atoms with Gasteiger partial charge in [0, 0.05) is 43.7 Å². The Morgan fingerprint density at radius 1 is 1.00 bits per heavy atom. The topological polar surface area (TPSA) is 6.48 Å². The Morgan fingerprint density at radius 3 is 2.41 bits per heavy atom. The highest BCUT2D eigenvalue weighted by Crippen LogP contribution is 2.24. The summed E-state index contributed by atoms with van der Waals surface area (Å²) >= 11 is 2.12. The first-order valence-electron chi connectivity index (χ1n) is 6.55. The second kappa shape index (κ2) is 5.32. The largest absolute Gasteiger partial charge is 0.369 e. The number of anilines is 1. The first kappa shape index (κ1) is 11.4. The molecule has 3 rings (SSSR count). The van der Waals surface area contributed by atoms with E-state index in [9.17, 15) is 0 Å². The SMILES string of the molecule is c1ccc(N2CCN([C@H]3CCSC3)CC2)cc1. The molecule has 2 saturated heterocycles. The van der Waals surface area contributed by atoms with Gasteiger partial charge in [-0.2, -0.15) is 11.8 Å². The minimum Gasteiger partial charge on any atom is -0.369 e. The van der Waals surface area contributed by atoms with E-state index in [-0.39, 0.29) is 0 Å². The summed E-state index contributed by atoms with van der Waals surface area (Å²) in [7, 11) is 0. The number of hydrogen-bond acceptors (Lipinski definition) is 3. The normalized spacial score (nSPS) is 26.4.